The van der Waals surface area contributed by atoms with E-state index >= 15 is 0 Å². The first-order chi connectivity index (χ1) is 10.9. The van der Waals surface area contributed by atoms with Crippen LogP contribution in [0.2, 0.25) is 0 Å². The Balaban J connectivity index is 1.76. The summed E-state index contributed by atoms with van der Waals surface area (Å²) in [6.45, 7) is 1.69. The third-order valence-electron chi connectivity index (χ3n) is 4.88. The average Bonchev–Trinajstić information content (AvgIpc) is 3.14. The number of amides is 1. The Kier molecular flexibility index (Phi) is 4.31. The van der Waals surface area contributed by atoms with Gasteiger partial charge in [-0.2, -0.15) is 13.2 Å². The van der Waals surface area contributed by atoms with E-state index in [0.29, 0.717) is 12.6 Å². The summed E-state index contributed by atoms with van der Waals surface area (Å²) in [5, 5.41) is 0. The van der Waals surface area contributed by atoms with Crippen molar-refractivity contribution in [2.45, 2.75) is 43.9 Å². The van der Waals surface area contributed by atoms with Crippen molar-refractivity contribution in [3.63, 3.8) is 0 Å². The molecule has 0 unspecified atom stereocenters. The lowest BCUT2D eigenvalue weighted by molar-refractivity contribution is -0.141. The van der Waals surface area contributed by atoms with E-state index in [9.17, 15) is 18.0 Å². The monoisotopic (exact) mass is 327 g/mol. The van der Waals surface area contributed by atoms with E-state index in [1.54, 1.807) is 0 Å². The molecule has 7 heteroatoms. The van der Waals surface area contributed by atoms with Crippen LogP contribution in [0, 0.1) is 0 Å². The predicted octanol–water partition coefficient (Wildman–Crippen LogP) is 2.80. The molecule has 23 heavy (non-hydrogen) atoms. The van der Waals surface area contributed by atoms with Crippen LogP contribution in [0.15, 0.2) is 18.3 Å². The van der Waals surface area contributed by atoms with Crippen LogP contribution in [0.3, 0.4) is 0 Å². The SMILES string of the molecule is CN1CCC[C@@H]1[C@@H]1CCCN1C(=O)c1ccc(C(F)(F)F)nc1. The molecule has 1 amide bonds. The minimum Gasteiger partial charge on any atom is -0.334 e. The number of carbonyl (C=O) groups excluding carboxylic acids is 1. The molecule has 0 aliphatic carbocycles. The molecule has 0 saturated carbocycles. The maximum absolute atomic E-state index is 12.7. The van der Waals surface area contributed by atoms with Crippen LogP contribution >= 0.6 is 0 Å². The Hall–Kier alpha value is -1.63. The molecule has 0 radical (unpaired) electrons. The van der Waals surface area contributed by atoms with Gasteiger partial charge in [-0.3, -0.25) is 9.78 Å². The molecule has 0 bridgehead atoms. The van der Waals surface area contributed by atoms with Crippen molar-refractivity contribution in [3.8, 4) is 0 Å². The number of rotatable bonds is 2. The Morgan fingerprint density at radius 3 is 2.43 bits per heavy atom. The van der Waals surface area contributed by atoms with Gasteiger partial charge >= 0.3 is 6.18 Å². The third kappa shape index (κ3) is 3.20. The lowest BCUT2D eigenvalue weighted by atomic mass is 10.0. The maximum Gasteiger partial charge on any atom is 0.433 e. The van der Waals surface area contributed by atoms with E-state index in [1.165, 1.54) is 6.07 Å². The second-order valence-electron chi connectivity index (χ2n) is 6.33. The van der Waals surface area contributed by atoms with Gasteiger partial charge in [0, 0.05) is 24.8 Å². The lowest BCUT2D eigenvalue weighted by Gasteiger charge is -2.33. The van der Waals surface area contributed by atoms with Gasteiger partial charge in [0.05, 0.1) is 5.56 Å². The molecule has 3 rings (SSSR count). The summed E-state index contributed by atoms with van der Waals surface area (Å²) in [7, 11) is 2.07. The summed E-state index contributed by atoms with van der Waals surface area (Å²) < 4.78 is 37.7. The fourth-order valence-corrected chi connectivity index (χ4v) is 3.72. The van der Waals surface area contributed by atoms with Gasteiger partial charge in [-0.25, -0.2) is 0 Å². The number of hydrogen-bond acceptors (Lipinski definition) is 3. The number of alkyl halides is 3. The minimum atomic E-state index is -4.48. The van der Waals surface area contributed by atoms with Gasteiger partial charge in [-0.1, -0.05) is 0 Å². The van der Waals surface area contributed by atoms with Crippen LogP contribution in [-0.4, -0.2) is 52.9 Å². The second-order valence-corrected chi connectivity index (χ2v) is 6.33. The summed E-state index contributed by atoms with van der Waals surface area (Å²) in [4.78, 5) is 20.2. The molecule has 126 valence electrons. The molecule has 2 aliphatic rings. The highest BCUT2D eigenvalue weighted by molar-refractivity contribution is 5.94. The zero-order valence-electron chi connectivity index (χ0n) is 13.0. The smallest absolute Gasteiger partial charge is 0.334 e. The van der Waals surface area contributed by atoms with Gasteiger partial charge in [-0.05, 0) is 51.4 Å². The highest BCUT2D eigenvalue weighted by Gasteiger charge is 2.39. The zero-order valence-corrected chi connectivity index (χ0v) is 13.0. The molecule has 2 aliphatic heterocycles. The molecule has 0 spiro atoms. The lowest BCUT2D eigenvalue weighted by Crippen LogP contribution is -2.47. The number of halogens is 3. The van der Waals surface area contributed by atoms with Crippen molar-refractivity contribution >= 4 is 5.91 Å². The van der Waals surface area contributed by atoms with Crippen LogP contribution in [-0.2, 0) is 6.18 Å². The maximum atomic E-state index is 12.7. The normalized spacial score (nSPS) is 26.0. The largest absolute Gasteiger partial charge is 0.433 e. The van der Waals surface area contributed by atoms with Gasteiger partial charge < -0.3 is 9.80 Å². The molecule has 4 nitrogen and oxygen atoms in total. The quantitative estimate of drug-likeness (QED) is 0.838. The van der Waals surface area contributed by atoms with E-state index in [2.05, 4.69) is 16.9 Å². The highest BCUT2D eigenvalue weighted by Crippen LogP contribution is 2.31. The molecule has 3 heterocycles. The van der Waals surface area contributed by atoms with Crippen molar-refractivity contribution in [2.24, 2.45) is 0 Å². The first-order valence-electron chi connectivity index (χ1n) is 7.92. The molecule has 0 aromatic carbocycles. The standard InChI is InChI=1S/C16H20F3N3O/c1-21-8-2-4-12(21)13-5-3-9-22(13)15(23)11-6-7-14(20-10-11)16(17,18)19/h6-7,10,12-13H,2-5,8-9H2,1H3/t12-,13+/m1/s1. The van der Waals surface area contributed by atoms with Gasteiger partial charge in [0.25, 0.3) is 5.91 Å². The Morgan fingerprint density at radius 2 is 1.87 bits per heavy atom. The minimum absolute atomic E-state index is 0.150. The highest BCUT2D eigenvalue weighted by atomic mass is 19.4. The van der Waals surface area contributed by atoms with Crippen LogP contribution in [0.5, 0.6) is 0 Å². The molecule has 2 atom stereocenters. The van der Waals surface area contributed by atoms with E-state index in [-0.39, 0.29) is 17.5 Å². The van der Waals surface area contributed by atoms with E-state index in [1.807, 2.05) is 4.90 Å². The number of hydrogen-bond donors (Lipinski definition) is 0. The fraction of sp³-hybridized carbons (Fsp3) is 0.625. The fourth-order valence-electron chi connectivity index (χ4n) is 3.72. The average molecular weight is 327 g/mol. The number of carbonyl (C=O) groups is 1. The number of likely N-dealkylation sites (tertiary alicyclic amines) is 2. The summed E-state index contributed by atoms with van der Waals surface area (Å²) in [5.74, 6) is -0.214. The molecule has 1 aromatic rings. The first-order valence-corrected chi connectivity index (χ1v) is 7.92. The number of nitrogens with zero attached hydrogens (tertiary/aromatic N) is 3. The van der Waals surface area contributed by atoms with Gasteiger partial charge in [0.2, 0.25) is 0 Å². The van der Waals surface area contributed by atoms with Gasteiger partial charge in [-0.15, -0.1) is 0 Å². The van der Waals surface area contributed by atoms with Crippen LogP contribution in [0.4, 0.5) is 13.2 Å². The number of pyridine rings is 1. The van der Waals surface area contributed by atoms with Gasteiger partial charge in [0.15, 0.2) is 0 Å². The van der Waals surface area contributed by atoms with E-state index in [0.717, 1.165) is 44.5 Å². The van der Waals surface area contributed by atoms with Crippen molar-refractivity contribution in [2.75, 3.05) is 20.1 Å². The number of likely N-dealkylation sites (N-methyl/N-ethyl adjacent to an activating group) is 1. The van der Waals surface area contributed by atoms with E-state index < -0.39 is 11.9 Å². The summed E-state index contributed by atoms with van der Waals surface area (Å²) >= 11 is 0. The number of aromatic nitrogens is 1. The third-order valence-corrected chi connectivity index (χ3v) is 4.88. The summed E-state index contributed by atoms with van der Waals surface area (Å²) in [5.41, 5.74) is -0.743. The predicted molar refractivity (Wildman–Crippen MR) is 78.9 cm³/mol. The summed E-state index contributed by atoms with van der Waals surface area (Å²) in [6, 6.07) is 2.60. The topological polar surface area (TPSA) is 36.4 Å². The van der Waals surface area contributed by atoms with Crippen LogP contribution < -0.4 is 0 Å². The van der Waals surface area contributed by atoms with Crippen molar-refractivity contribution in [1.29, 1.82) is 0 Å². The molecule has 2 fully saturated rings. The Bertz CT molecular complexity index is 573. The van der Waals surface area contributed by atoms with E-state index in [4.69, 9.17) is 0 Å². The van der Waals surface area contributed by atoms with Crippen molar-refractivity contribution in [1.82, 2.24) is 14.8 Å². The second kappa shape index (κ2) is 6.11. The molecule has 2 saturated heterocycles. The van der Waals surface area contributed by atoms with Crippen LogP contribution in [0.25, 0.3) is 0 Å². The summed E-state index contributed by atoms with van der Waals surface area (Å²) in [6.07, 6.45) is 0.643. The van der Waals surface area contributed by atoms with Crippen molar-refractivity contribution in [3.05, 3.63) is 29.6 Å². The van der Waals surface area contributed by atoms with Gasteiger partial charge in [0.1, 0.15) is 5.69 Å². The van der Waals surface area contributed by atoms with Crippen LogP contribution in [0.1, 0.15) is 41.7 Å². The molecule has 1 aromatic heterocycles. The molecular formula is C16H20F3N3O. The molecule has 0 N–H and O–H groups in total. The Morgan fingerprint density at radius 1 is 1.17 bits per heavy atom. The zero-order chi connectivity index (χ0) is 16.6. The van der Waals surface area contributed by atoms with Crippen molar-refractivity contribution < 1.29 is 18.0 Å². The Labute approximate surface area is 133 Å². The molecular weight excluding hydrogens is 307 g/mol. The first kappa shape index (κ1) is 16.2.